The maximum atomic E-state index is 10.9. The fraction of sp³-hybridized carbons (Fsp3) is 0.312. The molecular weight excluding hydrogens is 335 g/mol. The van der Waals surface area contributed by atoms with E-state index in [-0.39, 0.29) is 18.6 Å². The normalized spacial score (nSPS) is 13.1. The Morgan fingerprint density at radius 3 is 2.65 bits per heavy atom. The Bertz CT molecular complexity index is 613. The molecule has 0 fully saturated rings. The van der Waals surface area contributed by atoms with Crippen LogP contribution in [0.1, 0.15) is 16.8 Å². The van der Waals surface area contributed by atoms with Gasteiger partial charge in [0.1, 0.15) is 0 Å². The SMILES string of the molecule is Cl.O=[PH](O)Cc1cccc(C[C@H](O)CNCc2ccccn2)c1. The molecule has 0 amide bonds. The summed E-state index contributed by atoms with van der Waals surface area (Å²) in [7, 11) is -2.51. The molecule has 3 N–H and O–H groups in total. The summed E-state index contributed by atoms with van der Waals surface area (Å²) < 4.78 is 10.9. The number of aromatic nitrogens is 1. The van der Waals surface area contributed by atoms with Gasteiger partial charge in [-0.25, -0.2) is 0 Å². The fourth-order valence-electron chi connectivity index (χ4n) is 2.25. The van der Waals surface area contributed by atoms with E-state index in [1.165, 1.54) is 0 Å². The van der Waals surface area contributed by atoms with Crippen molar-refractivity contribution in [3.8, 4) is 0 Å². The van der Waals surface area contributed by atoms with Crippen molar-refractivity contribution in [2.45, 2.75) is 25.2 Å². The van der Waals surface area contributed by atoms with E-state index in [9.17, 15) is 9.67 Å². The van der Waals surface area contributed by atoms with E-state index in [0.717, 1.165) is 16.8 Å². The number of aliphatic hydroxyl groups is 1. The van der Waals surface area contributed by atoms with Crippen LogP contribution in [-0.4, -0.2) is 27.6 Å². The number of aliphatic hydroxyl groups excluding tert-OH is 1. The molecule has 1 aromatic heterocycles. The van der Waals surface area contributed by atoms with Gasteiger partial charge in [0.05, 0.1) is 11.8 Å². The Morgan fingerprint density at radius 2 is 1.96 bits per heavy atom. The van der Waals surface area contributed by atoms with Crippen molar-refractivity contribution in [2.24, 2.45) is 0 Å². The number of halogens is 1. The second kappa shape index (κ2) is 10.5. The first-order valence-corrected chi connectivity index (χ1v) is 8.78. The number of benzene rings is 1. The van der Waals surface area contributed by atoms with Gasteiger partial charge in [0.15, 0.2) is 8.03 Å². The molecule has 0 saturated carbocycles. The summed E-state index contributed by atoms with van der Waals surface area (Å²) in [6.45, 7) is 1.09. The van der Waals surface area contributed by atoms with Gasteiger partial charge in [-0.1, -0.05) is 30.3 Å². The summed E-state index contributed by atoms with van der Waals surface area (Å²) in [6.07, 6.45) is 1.93. The van der Waals surface area contributed by atoms with E-state index in [4.69, 9.17) is 4.89 Å². The zero-order valence-electron chi connectivity index (χ0n) is 12.7. The lowest BCUT2D eigenvalue weighted by molar-refractivity contribution is 0.171. The van der Waals surface area contributed by atoms with Crippen LogP contribution in [0.2, 0.25) is 0 Å². The second-order valence-corrected chi connectivity index (χ2v) is 6.34. The molecule has 7 heteroatoms. The Morgan fingerprint density at radius 1 is 1.17 bits per heavy atom. The number of nitrogens with zero attached hydrogens (tertiary/aromatic N) is 1. The van der Waals surface area contributed by atoms with E-state index >= 15 is 0 Å². The lowest BCUT2D eigenvalue weighted by Gasteiger charge is -2.12. The standard InChI is InChI=1S/C16H21N2O3P.ClH/c19-16(11-17-10-15-6-1-2-7-18-15)9-13-4-3-5-14(8-13)12-22(20)21;/h1-8,16-17,19,22H,9-12H2,(H,20,21);1H/t16-;/m0./s1. The minimum Gasteiger partial charge on any atom is -0.391 e. The van der Waals surface area contributed by atoms with Crippen LogP contribution in [0, 0.1) is 0 Å². The summed E-state index contributed by atoms with van der Waals surface area (Å²) in [5.74, 6) is 0. The van der Waals surface area contributed by atoms with Gasteiger partial charge in [0.25, 0.3) is 0 Å². The molecule has 0 saturated heterocycles. The Hall–Kier alpha value is -1.23. The number of rotatable bonds is 8. The lowest BCUT2D eigenvalue weighted by Crippen LogP contribution is -2.28. The Labute approximate surface area is 143 Å². The van der Waals surface area contributed by atoms with Gasteiger partial charge >= 0.3 is 0 Å². The van der Waals surface area contributed by atoms with Crippen LogP contribution in [-0.2, 0) is 23.7 Å². The molecular formula is C16H22ClN2O3P. The maximum absolute atomic E-state index is 10.9. The van der Waals surface area contributed by atoms with E-state index in [2.05, 4.69) is 10.3 Å². The monoisotopic (exact) mass is 356 g/mol. The average molecular weight is 357 g/mol. The minimum absolute atomic E-state index is 0. The molecule has 0 radical (unpaired) electrons. The first-order valence-electron chi connectivity index (χ1n) is 7.22. The minimum atomic E-state index is -2.51. The van der Waals surface area contributed by atoms with Crippen LogP contribution in [0.15, 0.2) is 48.7 Å². The van der Waals surface area contributed by atoms with Gasteiger partial charge in [0.2, 0.25) is 0 Å². The summed E-state index contributed by atoms with van der Waals surface area (Å²) >= 11 is 0. The molecule has 1 heterocycles. The molecule has 2 aromatic rings. The number of hydrogen-bond donors (Lipinski definition) is 3. The largest absolute Gasteiger partial charge is 0.391 e. The number of pyridine rings is 1. The molecule has 2 atom stereocenters. The van der Waals surface area contributed by atoms with Gasteiger partial charge in [-0.2, -0.15) is 0 Å². The molecule has 0 aliphatic heterocycles. The van der Waals surface area contributed by atoms with E-state index in [0.29, 0.717) is 19.5 Å². The zero-order chi connectivity index (χ0) is 15.8. The quantitative estimate of drug-likeness (QED) is 0.631. The van der Waals surface area contributed by atoms with Crippen LogP contribution in [0.25, 0.3) is 0 Å². The van der Waals surface area contributed by atoms with Crippen molar-refractivity contribution in [2.75, 3.05) is 6.54 Å². The van der Waals surface area contributed by atoms with Crippen LogP contribution in [0.3, 0.4) is 0 Å². The van der Waals surface area contributed by atoms with Crippen molar-refractivity contribution in [1.82, 2.24) is 10.3 Å². The van der Waals surface area contributed by atoms with Gasteiger partial charge in [-0.15, -0.1) is 12.4 Å². The van der Waals surface area contributed by atoms with Crippen LogP contribution < -0.4 is 5.32 Å². The molecule has 2 rings (SSSR count). The highest BCUT2D eigenvalue weighted by molar-refractivity contribution is 7.37. The highest BCUT2D eigenvalue weighted by Gasteiger charge is 2.07. The zero-order valence-corrected chi connectivity index (χ0v) is 14.5. The predicted octanol–water partition coefficient (Wildman–Crippen LogP) is 2.16. The summed E-state index contributed by atoms with van der Waals surface area (Å²) in [4.78, 5) is 13.2. The molecule has 0 bridgehead atoms. The van der Waals surface area contributed by atoms with Gasteiger partial charge in [-0.05, 0) is 29.7 Å². The topological polar surface area (TPSA) is 82.5 Å². The Balaban J connectivity index is 0.00000264. The number of hydrogen-bond acceptors (Lipinski definition) is 4. The average Bonchev–Trinajstić information content (AvgIpc) is 2.48. The first kappa shape index (κ1) is 19.8. The third-order valence-corrected chi connectivity index (χ3v) is 3.94. The van der Waals surface area contributed by atoms with Gasteiger partial charge < -0.3 is 15.3 Å². The molecule has 1 aromatic carbocycles. The van der Waals surface area contributed by atoms with Crippen molar-refractivity contribution in [3.63, 3.8) is 0 Å². The van der Waals surface area contributed by atoms with Crippen molar-refractivity contribution in [1.29, 1.82) is 0 Å². The lowest BCUT2D eigenvalue weighted by atomic mass is 10.1. The third-order valence-electron chi connectivity index (χ3n) is 3.23. The first-order chi connectivity index (χ1) is 10.6. The predicted molar refractivity (Wildman–Crippen MR) is 94.3 cm³/mol. The summed E-state index contributed by atoms with van der Waals surface area (Å²) in [5.41, 5.74) is 2.73. The molecule has 23 heavy (non-hydrogen) atoms. The van der Waals surface area contributed by atoms with Crippen LogP contribution >= 0.6 is 20.4 Å². The van der Waals surface area contributed by atoms with Crippen LogP contribution in [0.4, 0.5) is 0 Å². The van der Waals surface area contributed by atoms with Crippen LogP contribution in [0.5, 0.6) is 0 Å². The molecule has 1 unspecified atom stereocenters. The molecule has 5 nitrogen and oxygen atoms in total. The Kier molecular flexibility index (Phi) is 9.07. The molecule has 0 aliphatic carbocycles. The smallest absolute Gasteiger partial charge is 0.193 e. The van der Waals surface area contributed by atoms with Gasteiger partial charge in [0, 0.05) is 25.4 Å². The third kappa shape index (κ3) is 7.73. The van der Waals surface area contributed by atoms with E-state index < -0.39 is 14.1 Å². The molecule has 0 aliphatic rings. The number of nitrogens with one attached hydrogen (secondary N) is 1. The molecule has 126 valence electrons. The molecule has 0 spiro atoms. The summed E-state index contributed by atoms with van der Waals surface area (Å²) in [5, 5.41) is 13.2. The highest BCUT2D eigenvalue weighted by atomic mass is 35.5. The van der Waals surface area contributed by atoms with Crippen molar-refractivity contribution in [3.05, 3.63) is 65.5 Å². The van der Waals surface area contributed by atoms with Crippen molar-refractivity contribution < 1.29 is 14.6 Å². The highest BCUT2D eigenvalue weighted by Crippen LogP contribution is 2.21. The van der Waals surface area contributed by atoms with Gasteiger partial charge in [-0.3, -0.25) is 9.55 Å². The summed E-state index contributed by atoms with van der Waals surface area (Å²) in [6, 6.07) is 13.2. The van der Waals surface area contributed by atoms with E-state index in [1.54, 1.807) is 6.20 Å². The maximum Gasteiger partial charge on any atom is 0.193 e. The second-order valence-electron chi connectivity index (χ2n) is 5.20. The van der Waals surface area contributed by atoms with E-state index in [1.807, 2.05) is 42.5 Å². The fourth-order valence-corrected chi connectivity index (χ4v) is 2.82. The van der Waals surface area contributed by atoms with Crippen molar-refractivity contribution >= 4 is 20.4 Å².